The van der Waals surface area contributed by atoms with Crippen molar-refractivity contribution in [3.63, 3.8) is 0 Å². The number of hydrogen-bond acceptors (Lipinski definition) is 4. The Morgan fingerprint density at radius 1 is 1.24 bits per heavy atom. The van der Waals surface area contributed by atoms with Crippen LogP contribution in [0.25, 0.3) is 5.57 Å². The summed E-state index contributed by atoms with van der Waals surface area (Å²) < 4.78 is 51.7. The average molecular weight is 354 g/mol. The van der Waals surface area contributed by atoms with Crippen LogP contribution < -0.4 is 4.74 Å². The fourth-order valence-corrected chi connectivity index (χ4v) is 1.75. The minimum Gasteiger partial charge on any atom is -0.433 e. The fourth-order valence-electron chi connectivity index (χ4n) is 1.75. The molecular weight excluding hydrogens is 337 g/mol. The monoisotopic (exact) mass is 354 g/mol. The van der Waals surface area contributed by atoms with Crippen molar-refractivity contribution in [3.8, 4) is 5.75 Å². The first-order valence-electron chi connectivity index (χ1n) is 7.26. The number of esters is 1. The molecule has 0 unspecified atom stereocenters. The summed E-state index contributed by atoms with van der Waals surface area (Å²) in [6, 6.07) is 2.09. The van der Waals surface area contributed by atoms with Crippen LogP contribution >= 0.6 is 0 Å². The second kappa shape index (κ2) is 8.86. The number of halogens is 3. The highest BCUT2D eigenvalue weighted by Gasteiger charge is 2.19. The van der Waals surface area contributed by atoms with E-state index in [9.17, 15) is 22.8 Å². The maximum Gasteiger partial charge on any atom is 0.338 e. The topological polar surface area (TPSA) is 52.6 Å². The lowest BCUT2D eigenvalue weighted by molar-refractivity contribution is -0.130. The first-order chi connectivity index (χ1) is 11.7. The van der Waals surface area contributed by atoms with Gasteiger partial charge in [-0.3, -0.25) is 4.79 Å². The SMILES string of the molecule is C=C(C)C(=O)Oc1ccc(/C(C)=C(F)/C=C(\CC)OC=O)c(F)c1F. The number of carbonyl (C=O) groups excluding carboxylic acids is 2. The number of allylic oxidation sites excluding steroid dienone is 4. The van der Waals surface area contributed by atoms with E-state index in [-0.39, 0.29) is 35.4 Å². The second-order valence-corrected chi connectivity index (χ2v) is 5.06. The van der Waals surface area contributed by atoms with Crippen LogP contribution in [-0.2, 0) is 14.3 Å². The first-order valence-corrected chi connectivity index (χ1v) is 7.26. The maximum absolute atomic E-state index is 14.2. The third kappa shape index (κ3) is 5.07. The molecule has 1 rings (SSSR count). The molecule has 4 nitrogen and oxygen atoms in total. The maximum atomic E-state index is 14.2. The van der Waals surface area contributed by atoms with Gasteiger partial charge in [0, 0.05) is 23.6 Å². The van der Waals surface area contributed by atoms with Gasteiger partial charge >= 0.3 is 5.97 Å². The second-order valence-electron chi connectivity index (χ2n) is 5.06. The zero-order valence-corrected chi connectivity index (χ0v) is 14.0. The highest BCUT2D eigenvalue weighted by atomic mass is 19.2. The summed E-state index contributed by atoms with van der Waals surface area (Å²) in [6.07, 6.45) is 1.14. The minimum atomic E-state index is -1.43. The largest absolute Gasteiger partial charge is 0.433 e. The van der Waals surface area contributed by atoms with Gasteiger partial charge in [-0.25, -0.2) is 13.6 Å². The van der Waals surface area contributed by atoms with Crippen molar-refractivity contribution in [2.24, 2.45) is 0 Å². The number of benzene rings is 1. The predicted octanol–water partition coefficient (Wildman–Crippen LogP) is 4.61. The van der Waals surface area contributed by atoms with Crippen LogP contribution in [0, 0.1) is 11.6 Å². The van der Waals surface area contributed by atoms with E-state index >= 15 is 0 Å². The van der Waals surface area contributed by atoms with Gasteiger partial charge in [-0.1, -0.05) is 13.5 Å². The fraction of sp³-hybridized carbons (Fsp3) is 0.222. The van der Waals surface area contributed by atoms with Crippen LogP contribution in [0.2, 0.25) is 0 Å². The average Bonchev–Trinajstić information content (AvgIpc) is 2.57. The van der Waals surface area contributed by atoms with Crippen LogP contribution in [0.5, 0.6) is 5.75 Å². The van der Waals surface area contributed by atoms with E-state index in [0.29, 0.717) is 0 Å². The molecule has 0 aliphatic carbocycles. The van der Waals surface area contributed by atoms with E-state index in [2.05, 4.69) is 16.1 Å². The van der Waals surface area contributed by atoms with Crippen molar-refractivity contribution < 1.29 is 32.2 Å². The van der Waals surface area contributed by atoms with Gasteiger partial charge in [-0.2, -0.15) is 4.39 Å². The van der Waals surface area contributed by atoms with Crippen molar-refractivity contribution in [3.05, 3.63) is 59.1 Å². The number of ether oxygens (including phenoxy) is 2. The molecule has 0 amide bonds. The lowest BCUT2D eigenvalue weighted by atomic mass is 10.0. The van der Waals surface area contributed by atoms with Crippen LogP contribution in [0.4, 0.5) is 13.2 Å². The van der Waals surface area contributed by atoms with Crippen LogP contribution in [-0.4, -0.2) is 12.4 Å². The molecule has 1 aromatic carbocycles. The molecule has 0 aromatic heterocycles. The van der Waals surface area contributed by atoms with Gasteiger partial charge in [0.05, 0.1) is 0 Å². The number of carbonyl (C=O) groups is 2. The Kier molecular flexibility index (Phi) is 7.17. The third-order valence-electron chi connectivity index (χ3n) is 3.20. The van der Waals surface area contributed by atoms with Crippen molar-refractivity contribution in [1.82, 2.24) is 0 Å². The number of rotatable bonds is 7. The van der Waals surface area contributed by atoms with Gasteiger partial charge < -0.3 is 9.47 Å². The Hall–Kier alpha value is -2.83. The highest BCUT2D eigenvalue weighted by Crippen LogP contribution is 2.30. The zero-order chi connectivity index (χ0) is 19.1. The van der Waals surface area contributed by atoms with Gasteiger partial charge in [-0.05, 0) is 31.6 Å². The Morgan fingerprint density at radius 2 is 1.88 bits per heavy atom. The molecule has 0 aliphatic rings. The van der Waals surface area contributed by atoms with E-state index in [4.69, 9.17) is 0 Å². The van der Waals surface area contributed by atoms with E-state index < -0.39 is 29.2 Å². The standard InChI is InChI=1S/C18H17F3O4/c1-5-12(24-9-22)8-14(19)11(4)13-6-7-15(17(21)16(13)20)25-18(23)10(2)3/h6-9H,2,5H2,1,3-4H3/b12-8+,14-11-. The molecule has 0 spiro atoms. The molecule has 0 bridgehead atoms. The molecule has 0 aliphatic heterocycles. The molecule has 0 heterocycles. The Morgan fingerprint density at radius 3 is 2.40 bits per heavy atom. The molecule has 1 aromatic rings. The van der Waals surface area contributed by atoms with Crippen molar-refractivity contribution in [1.29, 1.82) is 0 Å². The molecule has 7 heteroatoms. The Balaban J connectivity index is 3.28. The summed E-state index contributed by atoms with van der Waals surface area (Å²) in [5.74, 6) is -5.21. The summed E-state index contributed by atoms with van der Waals surface area (Å²) >= 11 is 0. The van der Waals surface area contributed by atoms with Crippen molar-refractivity contribution >= 4 is 18.0 Å². The van der Waals surface area contributed by atoms with Gasteiger partial charge in [0.1, 0.15) is 11.6 Å². The quantitative estimate of drug-likeness (QED) is 0.179. The first kappa shape index (κ1) is 20.2. The third-order valence-corrected chi connectivity index (χ3v) is 3.20. The minimum absolute atomic E-state index is 0.0124. The Bertz CT molecular complexity index is 764. The van der Waals surface area contributed by atoms with E-state index in [1.807, 2.05) is 0 Å². The lowest BCUT2D eigenvalue weighted by Gasteiger charge is -2.10. The summed E-state index contributed by atoms with van der Waals surface area (Å²) in [5.41, 5.74) is -0.559. The molecule has 0 N–H and O–H groups in total. The van der Waals surface area contributed by atoms with Crippen LogP contribution in [0.1, 0.15) is 32.8 Å². The highest BCUT2D eigenvalue weighted by molar-refractivity contribution is 5.88. The number of hydrogen-bond donors (Lipinski definition) is 0. The van der Waals surface area contributed by atoms with Gasteiger partial charge in [0.15, 0.2) is 11.6 Å². The molecular formula is C18H17F3O4. The molecule has 0 saturated carbocycles. The molecule has 0 atom stereocenters. The summed E-state index contributed by atoms with van der Waals surface area (Å²) in [7, 11) is 0. The van der Waals surface area contributed by atoms with Crippen molar-refractivity contribution in [2.75, 3.05) is 0 Å². The molecule has 25 heavy (non-hydrogen) atoms. The molecule has 0 fully saturated rings. The Labute approximate surface area is 143 Å². The summed E-state index contributed by atoms with van der Waals surface area (Å²) in [4.78, 5) is 21.7. The predicted molar refractivity (Wildman–Crippen MR) is 86.0 cm³/mol. The smallest absolute Gasteiger partial charge is 0.338 e. The van der Waals surface area contributed by atoms with E-state index in [0.717, 1.165) is 18.2 Å². The molecule has 0 saturated heterocycles. The van der Waals surface area contributed by atoms with Crippen molar-refractivity contribution in [2.45, 2.75) is 27.2 Å². The van der Waals surface area contributed by atoms with E-state index in [1.54, 1.807) is 6.92 Å². The van der Waals surface area contributed by atoms with E-state index in [1.165, 1.54) is 13.8 Å². The van der Waals surface area contributed by atoms with Crippen LogP contribution in [0.3, 0.4) is 0 Å². The molecule has 134 valence electrons. The van der Waals surface area contributed by atoms with Crippen LogP contribution in [0.15, 0.2) is 41.9 Å². The van der Waals surface area contributed by atoms with Gasteiger partial charge in [0.2, 0.25) is 5.82 Å². The summed E-state index contributed by atoms with van der Waals surface area (Å²) in [6.45, 7) is 7.69. The van der Waals surface area contributed by atoms with Gasteiger partial charge in [-0.15, -0.1) is 0 Å². The normalized spacial score (nSPS) is 12.3. The lowest BCUT2D eigenvalue weighted by Crippen LogP contribution is -2.10. The zero-order valence-electron chi connectivity index (χ0n) is 14.0. The summed E-state index contributed by atoms with van der Waals surface area (Å²) in [5, 5.41) is 0. The molecule has 0 radical (unpaired) electrons. The van der Waals surface area contributed by atoms with Gasteiger partial charge in [0.25, 0.3) is 6.47 Å².